The van der Waals surface area contributed by atoms with E-state index in [0.717, 1.165) is 13.2 Å². The van der Waals surface area contributed by atoms with Crippen LogP contribution in [0.15, 0.2) is 73.1 Å². The molecule has 0 bridgehead atoms. The van der Waals surface area contributed by atoms with Gasteiger partial charge in [-0.15, -0.1) is 0 Å². The van der Waals surface area contributed by atoms with Gasteiger partial charge in [-0.3, -0.25) is 0 Å². The third-order valence-electron chi connectivity index (χ3n) is 4.31. The molecule has 1 atom stereocenters. The molecule has 116 valence electrons. The van der Waals surface area contributed by atoms with Crippen LogP contribution in [0.2, 0.25) is 0 Å². The van der Waals surface area contributed by atoms with E-state index in [4.69, 9.17) is 4.74 Å². The molecule has 0 radical (unpaired) electrons. The van der Waals surface area contributed by atoms with Gasteiger partial charge < -0.3 is 14.2 Å². The molecule has 0 amide bonds. The van der Waals surface area contributed by atoms with Gasteiger partial charge in [0, 0.05) is 35.9 Å². The molecular weight excluding hydrogens is 284 g/mol. The highest BCUT2D eigenvalue weighted by Gasteiger charge is 2.27. The number of aromatic nitrogens is 1. The molecule has 0 saturated carbocycles. The Morgan fingerprint density at radius 2 is 1.70 bits per heavy atom. The third-order valence-corrected chi connectivity index (χ3v) is 4.31. The largest absolute Gasteiger partial charge is 0.352 e. The first-order valence-electron chi connectivity index (χ1n) is 7.99. The summed E-state index contributed by atoms with van der Waals surface area (Å²) < 4.78 is 8.14. The molecular formula is C20H20N2O. The van der Waals surface area contributed by atoms with Crippen molar-refractivity contribution in [2.45, 2.75) is 13.2 Å². The van der Waals surface area contributed by atoms with Crippen LogP contribution in [0.3, 0.4) is 0 Å². The highest BCUT2D eigenvalue weighted by molar-refractivity contribution is 5.49. The Morgan fingerprint density at radius 3 is 2.48 bits per heavy atom. The van der Waals surface area contributed by atoms with Gasteiger partial charge in [-0.05, 0) is 37.3 Å². The van der Waals surface area contributed by atoms with E-state index in [1.165, 1.54) is 22.5 Å². The van der Waals surface area contributed by atoms with Gasteiger partial charge in [0.2, 0.25) is 0 Å². The third kappa shape index (κ3) is 2.76. The van der Waals surface area contributed by atoms with Crippen molar-refractivity contribution in [1.82, 2.24) is 4.57 Å². The Hall–Kier alpha value is -2.52. The smallest absolute Gasteiger partial charge is 0.158 e. The zero-order chi connectivity index (χ0) is 15.6. The monoisotopic (exact) mass is 304 g/mol. The Morgan fingerprint density at radius 1 is 0.913 bits per heavy atom. The number of para-hydroxylation sites is 1. The summed E-state index contributed by atoms with van der Waals surface area (Å²) in [6.07, 6.45) is 4.26. The molecule has 0 unspecified atom stereocenters. The zero-order valence-corrected chi connectivity index (χ0v) is 13.2. The summed E-state index contributed by atoms with van der Waals surface area (Å²) in [5.74, 6) is 0. The molecule has 0 spiro atoms. The van der Waals surface area contributed by atoms with Crippen LogP contribution in [-0.2, 0) is 4.74 Å². The normalized spacial score (nSPS) is 17.6. The molecule has 1 aliphatic heterocycles. The van der Waals surface area contributed by atoms with Gasteiger partial charge in [-0.25, -0.2) is 0 Å². The van der Waals surface area contributed by atoms with Crippen molar-refractivity contribution < 1.29 is 4.74 Å². The Balaban J connectivity index is 1.62. The van der Waals surface area contributed by atoms with Gasteiger partial charge in [-0.2, -0.15) is 0 Å². The molecule has 3 heteroatoms. The summed E-state index contributed by atoms with van der Waals surface area (Å²) in [7, 11) is 0. The first-order chi connectivity index (χ1) is 11.3. The SMILES string of the molecule is Cc1ccc(-n2ccc([C@H]3OCCN3c3ccccc3)c2)cc1. The van der Waals surface area contributed by atoms with Crippen molar-refractivity contribution in [3.05, 3.63) is 84.2 Å². The van der Waals surface area contributed by atoms with E-state index in [-0.39, 0.29) is 6.23 Å². The lowest BCUT2D eigenvalue weighted by Crippen LogP contribution is -2.22. The minimum atomic E-state index is -0.0101. The highest BCUT2D eigenvalue weighted by Crippen LogP contribution is 2.32. The summed E-state index contributed by atoms with van der Waals surface area (Å²) >= 11 is 0. The summed E-state index contributed by atoms with van der Waals surface area (Å²) in [6, 6.07) is 21.2. The van der Waals surface area contributed by atoms with Gasteiger partial charge >= 0.3 is 0 Å². The van der Waals surface area contributed by atoms with Gasteiger partial charge in [-0.1, -0.05) is 35.9 Å². The van der Waals surface area contributed by atoms with Crippen molar-refractivity contribution in [2.75, 3.05) is 18.1 Å². The maximum Gasteiger partial charge on any atom is 0.158 e. The number of hydrogen-bond acceptors (Lipinski definition) is 2. The summed E-state index contributed by atoms with van der Waals surface area (Å²) in [5.41, 5.74) is 4.84. The van der Waals surface area contributed by atoms with E-state index in [2.05, 4.69) is 83.4 Å². The van der Waals surface area contributed by atoms with Crippen LogP contribution in [-0.4, -0.2) is 17.7 Å². The molecule has 2 aromatic carbocycles. The van der Waals surface area contributed by atoms with E-state index in [1.807, 2.05) is 6.07 Å². The number of benzene rings is 2. The van der Waals surface area contributed by atoms with E-state index >= 15 is 0 Å². The van der Waals surface area contributed by atoms with Crippen molar-refractivity contribution in [3.63, 3.8) is 0 Å². The van der Waals surface area contributed by atoms with Crippen LogP contribution >= 0.6 is 0 Å². The summed E-state index contributed by atoms with van der Waals surface area (Å²) in [4.78, 5) is 2.31. The Labute approximate surface area is 136 Å². The maximum absolute atomic E-state index is 5.99. The standard InChI is InChI=1S/C20H20N2O/c1-16-7-9-18(10-8-16)21-12-11-17(15-21)20-22(13-14-23-20)19-5-3-2-4-6-19/h2-12,15,20H,13-14H2,1H3/t20-/m1/s1. The minimum Gasteiger partial charge on any atom is -0.352 e. The van der Waals surface area contributed by atoms with Crippen molar-refractivity contribution >= 4 is 5.69 Å². The van der Waals surface area contributed by atoms with Crippen LogP contribution in [0, 0.1) is 6.92 Å². The number of ether oxygens (including phenoxy) is 1. The molecule has 1 saturated heterocycles. The molecule has 1 aliphatic rings. The molecule has 2 heterocycles. The van der Waals surface area contributed by atoms with E-state index < -0.39 is 0 Å². The van der Waals surface area contributed by atoms with E-state index in [9.17, 15) is 0 Å². The lowest BCUT2D eigenvalue weighted by atomic mass is 10.2. The minimum absolute atomic E-state index is 0.0101. The summed E-state index contributed by atoms with van der Waals surface area (Å²) in [6.45, 7) is 3.79. The first-order valence-corrected chi connectivity index (χ1v) is 7.99. The molecule has 1 aromatic heterocycles. The average molecular weight is 304 g/mol. The second kappa shape index (κ2) is 5.94. The molecule has 3 nitrogen and oxygen atoms in total. The molecule has 0 aliphatic carbocycles. The average Bonchev–Trinajstić information content (AvgIpc) is 3.25. The van der Waals surface area contributed by atoms with Crippen LogP contribution in [0.5, 0.6) is 0 Å². The van der Waals surface area contributed by atoms with Crippen LogP contribution in [0.25, 0.3) is 5.69 Å². The van der Waals surface area contributed by atoms with Gasteiger partial charge in [0.05, 0.1) is 6.61 Å². The predicted octanol–water partition coefficient (Wildman–Crippen LogP) is 4.32. The Bertz CT molecular complexity index is 777. The van der Waals surface area contributed by atoms with Crippen molar-refractivity contribution in [2.24, 2.45) is 0 Å². The van der Waals surface area contributed by atoms with Gasteiger partial charge in [0.25, 0.3) is 0 Å². The van der Waals surface area contributed by atoms with E-state index in [1.54, 1.807) is 0 Å². The molecule has 0 N–H and O–H groups in total. The number of rotatable bonds is 3. The molecule has 4 rings (SSSR count). The van der Waals surface area contributed by atoms with Crippen LogP contribution in [0.4, 0.5) is 5.69 Å². The molecule has 1 fully saturated rings. The van der Waals surface area contributed by atoms with E-state index in [0.29, 0.717) is 0 Å². The fourth-order valence-corrected chi connectivity index (χ4v) is 3.07. The highest BCUT2D eigenvalue weighted by atomic mass is 16.5. The number of hydrogen-bond donors (Lipinski definition) is 0. The first kappa shape index (κ1) is 14.1. The van der Waals surface area contributed by atoms with Gasteiger partial charge in [0.1, 0.15) is 0 Å². The fourth-order valence-electron chi connectivity index (χ4n) is 3.07. The number of nitrogens with zero attached hydrogens (tertiary/aromatic N) is 2. The lowest BCUT2D eigenvalue weighted by Gasteiger charge is -2.24. The lowest BCUT2D eigenvalue weighted by molar-refractivity contribution is 0.114. The van der Waals surface area contributed by atoms with Crippen molar-refractivity contribution in [3.8, 4) is 5.69 Å². The molecule has 23 heavy (non-hydrogen) atoms. The predicted molar refractivity (Wildman–Crippen MR) is 93.0 cm³/mol. The van der Waals surface area contributed by atoms with Gasteiger partial charge in [0.15, 0.2) is 6.23 Å². The van der Waals surface area contributed by atoms with Crippen molar-refractivity contribution in [1.29, 1.82) is 0 Å². The van der Waals surface area contributed by atoms with Crippen LogP contribution < -0.4 is 4.90 Å². The second-order valence-electron chi connectivity index (χ2n) is 5.94. The topological polar surface area (TPSA) is 17.4 Å². The molecule has 3 aromatic rings. The Kier molecular flexibility index (Phi) is 3.64. The van der Waals surface area contributed by atoms with Crippen LogP contribution in [0.1, 0.15) is 17.4 Å². The fraction of sp³-hybridized carbons (Fsp3) is 0.200. The maximum atomic E-state index is 5.99. The number of anilines is 1. The zero-order valence-electron chi connectivity index (χ0n) is 13.2. The number of aryl methyl sites for hydroxylation is 1. The summed E-state index contributed by atoms with van der Waals surface area (Å²) in [5, 5.41) is 0. The second-order valence-corrected chi connectivity index (χ2v) is 5.94. The quantitative estimate of drug-likeness (QED) is 0.717.